The molecule has 2 aliphatic carbocycles. The Morgan fingerprint density at radius 3 is 2.08 bits per heavy atom. The number of nitrogens with zero attached hydrogens (tertiary/aromatic N) is 2. The minimum atomic E-state index is -5.47. The lowest BCUT2D eigenvalue weighted by Crippen LogP contribution is -2.48. The highest BCUT2D eigenvalue weighted by Gasteiger charge is 2.65. The average Bonchev–Trinajstić information content (AvgIpc) is 3.78. The topological polar surface area (TPSA) is 228 Å². The van der Waals surface area contributed by atoms with Gasteiger partial charge in [0, 0.05) is 36.2 Å². The number of carboxylic acids is 1. The number of H-pyrrole nitrogens is 1. The van der Waals surface area contributed by atoms with Crippen LogP contribution in [0, 0.1) is 17.7 Å². The molecular formula is C46H54F5N7O8. The monoisotopic (exact) mass is 927 g/mol. The minimum absolute atomic E-state index is 0.0295. The molecule has 356 valence electrons. The number of aliphatic hydroxyl groups is 2. The van der Waals surface area contributed by atoms with Gasteiger partial charge in [-0.05, 0) is 131 Å². The lowest BCUT2D eigenvalue weighted by Gasteiger charge is -2.31. The van der Waals surface area contributed by atoms with Gasteiger partial charge in [-0.25, -0.2) is 14.2 Å². The molecule has 3 aromatic carbocycles. The van der Waals surface area contributed by atoms with Crippen LogP contribution in [-0.4, -0.2) is 96.9 Å². The predicted molar refractivity (Wildman–Crippen MR) is 230 cm³/mol. The van der Waals surface area contributed by atoms with E-state index in [1.165, 1.54) is 36.4 Å². The number of alkyl halides is 4. The third-order valence-electron chi connectivity index (χ3n) is 11.7. The molecular weight excluding hydrogens is 874 g/mol. The number of halogens is 5. The van der Waals surface area contributed by atoms with E-state index < -0.39 is 77.2 Å². The quantitative estimate of drug-likeness (QED) is 0.0435. The summed E-state index contributed by atoms with van der Waals surface area (Å²) in [4.78, 5) is 54.7. The molecule has 66 heavy (non-hydrogen) atoms. The molecule has 1 aromatic heterocycles. The zero-order chi connectivity index (χ0) is 48.0. The Balaban J connectivity index is 1.13. The van der Waals surface area contributed by atoms with E-state index in [0.717, 1.165) is 0 Å². The normalized spacial score (nSPS) is 20.2. The number of hydrogen-bond donors (Lipinski definition) is 8. The zero-order valence-corrected chi connectivity index (χ0v) is 36.6. The highest BCUT2D eigenvalue weighted by Crippen LogP contribution is 2.42. The number of ether oxygens (including phenoxy) is 1. The Bertz CT molecular complexity index is 2330. The second kappa shape index (κ2) is 20.8. The number of hydrogen-bond acceptors (Lipinski definition) is 10. The summed E-state index contributed by atoms with van der Waals surface area (Å²) in [6, 6.07) is 15.3. The number of amides is 3. The van der Waals surface area contributed by atoms with Gasteiger partial charge in [-0.15, -0.1) is 0 Å². The van der Waals surface area contributed by atoms with Crippen molar-refractivity contribution in [2.75, 3.05) is 11.9 Å². The summed E-state index contributed by atoms with van der Waals surface area (Å²) in [5.74, 6) is -18.2. The van der Waals surface area contributed by atoms with Gasteiger partial charge in [0.05, 0.1) is 17.3 Å². The summed E-state index contributed by atoms with van der Waals surface area (Å²) in [6.07, 6.45) is 3.25. The number of aliphatic carboxylic acids is 1. The third kappa shape index (κ3) is 12.5. The highest BCUT2D eigenvalue weighted by atomic mass is 19.3. The molecule has 2 saturated carbocycles. The molecule has 15 nitrogen and oxygen atoms in total. The summed E-state index contributed by atoms with van der Waals surface area (Å²) in [7, 11) is 0. The molecule has 0 bridgehead atoms. The number of carbonyl (C=O) groups excluding carboxylic acids is 3. The minimum Gasteiger partial charge on any atom is -0.477 e. The number of aromatic amines is 1. The van der Waals surface area contributed by atoms with Crippen LogP contribution in [0.4, 0.5) is 27.6 Å². The number of aromatic nitrogens is 3. The SMILES string of the molecule is CC(C)(C)OC(O)NCC1CCC(C(=O)N[C@@H](Cc2ccc(-c3ccc(C(=O)NC4CCC(O)CC4)c(F)c3)cc2)C(=O)Nc2ccc(-c3n[nH]c(C(F)(F)C(F)(F)C(=O)O)n3)cc2)CC1. The van der Waals surface area contributed by atoms with Crippen molar-refractivity contribution in [3.63, 3.8) is 0 Å². The second-order valence-corrected chi connectivity index (χ2v) is 17.9. The van der Waals surface area contributed by atoms with Crippen LogP contribution in [0.5, 0.6) is 0 Å². The second-order valence-electron chi connectivity index (χ2n) is 17.9. The largest absolute Gasteiger partial charge is 0.477 e. The Kier molecular flexibility index (Phi) is 15.6. The van der Waals surface area contributed by atoms with Gasteiger partial charge in [-0.1, -0.05) is 30.3 Å². The van der Waals surface area contributed by atoms with Crippen molar-refractivity contribution in [1.82, 2.24) is 31.1 Å². The van der Waals surface area contributed by atoms with Gasteiger partial charge in [0.15, 0.2) is 5.82 Å². The maximum absolute atomic E-state index is 15.3. The molecule has 1 heterocycles. The van der Waals surface area contributed by atoms with E-state index in [4.69, 9.17) is 9.84 Å². The number of rotatable bonds is 17. The molecule has 20 heteroatoms. The smallest absolute Gasteiger partial charge is 0.411 e. The van der Waals surface area contributed by atoms with E-state index in [-0.39, 0.29) is 41.1 Å². The van der Waals surface area contributed by atoms with E-state index >= 15 is 4.39 Å². The van der Waals surface area contributed by atoms with Crippen LogP contribution in [-0.2, 0) is 31.5 Å². The molecule has 6 rings (SSSR count). The molecule has 2 fully saturated rings. The average molecular weight is 928 g/mol. The molecule has 4 aromatic rings. The van der Waals surface area contributed by atoms with E-state index in [2.05, 4.69) is 31.3 Å². The van der Waals surface area contributed by atoms with Crippen LogP contribution in [0.1, 0.15) is 93.9 Å². The number of aliphatic hydroxyl groups excluding tert-OH is 2. The van der Waals surface area contributed by atoms with Gasteiger partial charge in [0.2, 0.25) is 24.1 Å². The molecule has 8 N–H and O–H groups in total. The van der Waals surface area contributed by atoms with Crippen molar-refractivity contribution < 1.29 is 61.2 Å². The number of carbonyl (C=O) groups is 4. The van der Waals surface area contributed by atoms with Gasteiger partial charge in [-0.2, -0.15) is 22.7 Å². The summed E-state index contributed by atoms with van der Waals surface area (Å²) in [5, 5.41) is 45.2. The first-order valence-electron chi connectivity index (χ1n) is 21.7. The molecule has 0 radical (unpaired) electrons. The first-order chi connectivity index (χ1) is 31.1. The Morgan fingerprint density at radius 1 is 0.848 bits per heavy atom. The van der Waals surface area contributed by atoms with Gasteiger partial charge in [0.1, 0.15) is 11.9 Å². The van der Waals surface area contributed by atoms with E-state index in [1.54, 1.807) is 35.4 Å². The number of anilines is 1. The van der Waals surface area contributed by atoms with Crippen molar-refractivity contribution in [3.05, 3.63) is 89.5 Å². The van der Waals surface area contributed by atoms with Crippen LogP contribution in [0.2, 0.25) is 0 Å². The molecule has 0 saturated heterocycles. The summed E-state index contributed by atoms with van der Waals surface area (Å²) in [6.45, 7) is 5.95. The van der Waals surface area contributed by atoms with E-state index in [1.807, 2.05) is 20.8 Å². The van der Waals surface area contributed by atoms with Crippen LogP contribution in [0.25, 0.3) is 22.5 Å². The number of carboxylic acid groups (broad SMARTS) is 1. The maximum Gasteiger partial charge on any atom is 0.411 e. The third-order valence-corrected chi connectivity index (χ3v) is 11.7. The lowest BCUT2D eigenvalue weighted by atomic mass is 9.81. The summed E-state index contributed by atoms with van der Waals surface area (Å²) >= 11 is 0. The van der Waals surface area contributed by atoms with Crippen molar-refractivity contribution >= 4 is 29.4 Å². The molecule has 1 unspecified atom stereocenters. The molecule has 0 aliphatic heterocycles. The summed E-state index contributed by atoms with van der Waals surface area (Å²) < 4.78 is 76.9. The fourth-order valence-electron chi connectivity index (χ4n) is 7.95. The molecule has 0 spiro atoms. The van der Waals surface area contributed by atoms with Gasteiger partial charge >= 0.3 is 17.8 Å². The lowest BCUT2D eigenvalue weighted by molar-refractivity contribution is -0.231. The van der Waals surface area contributed by atoms with E-state index in [9.17, 15) is 47.0 Å². The first kappa shape index (κ1) is 49.6. The van der Waals surface area contributed by atoms with Gasteiger partial charge in [-0.3, -0.25) is 24.8 Å². The van der Waals surface area contributed by atoms with Crippen LogP contribution in [0.15, 0.2) is 66.7 Å². The van der Waals surface area contributed by atoms with Crippen LogP contribution in [0.3, 0.4) is 0 Å². The summed E-state index contributed by atoms with van der Waals surface area (Å²) in [5.41, 5.74) is 1.38. The maximum atomic E-state index is 15.3. The van der Waals surface area contributed by atoms with E-state index in [0.29, 0.717) is 74.6 Å². The predicted octanol–water partition coefficient (Wildman–Crippen LogP) is 6.28. The molecule has 3 amide bonds. The molecule has 2 aliphatic rings. The zero-order valence-electron chi connectivity index (χ0n) is 36.6. The van der Waals surface area contributed by atoms with Crippen molar-refractivity contribution in [2.45, 2.75) is 121 Å². The Labute approximate surface area is 377 Å². The standard InChI is InChI=1S/C46H54F5N7O8/c1-44(2,3)66-43(65)52-24-26-6-10-29(11-7-26)38(60)55-36(40(62)54-31-15-12-28(13-16-31)37-56-41(58-57-37)45(48,49)46(50,51)42(63)64)22-25-4-8-27(9-5-25)30-14-21-34(35(47)23-30)39(61)53-32-17-19-33(59)20-18-32/h4-5,8-9,12-16,21,23,26,29,32-33,36,43,52,59,65H,6-7,10-11,17-20,22,24H2,1-3H3,(H,53,61)(H,54,62)(H,55,60)(H,63,64)(H,56,57,58)/t26?,29?,32?,33?,36-,43?/m0/s1. The Hall–Kier alpha value is -5.83. The van der Waals surface area contributed by atoms with Gasteiger partial charge < -0.3 is 36.0 Å². The highest BCUT2D eigenvalue weighted by molar-refractivity contribution is 5.98. The number of nitrogens with one attached hydrogen (secondary N) is 5. The van der Waals surface area contributed by atoms with Crippen molar-refractivity contribution in [3.8, 4) is 22.5 Å². The van der Waals surface area contributed by atoms with Crippen LogP contribution >= 0.6 is 0 Å². The fourth-order valence-corrected chi connectivity index (χ4v) is 7.95. The van der Waals surface area contributed by atoms with Crippen molar-refractivity contribution in [2.24, 2.45) is 11.8 Å². The molecule has 2 atom stereocenters. The Morgan fingerprint density at radius 2 is 1.47 bits per heavy atom. The van der Waals surface area contributed by atoms with Gasteiger partial charge in [0.25, 0.3) is 5.91 Å². The van der Waals surface area contributed by atoms with Crippen LogP contribution < -0.4 is 21.3 Å². The van der Waals surface area contributed by atoms with Crippen molar-refractivity contribution in [1.29, 1.82) is 0 Å². The fraction of sp³-hybridized carbons (Fsp3) is 0.478. The first-order valence-corrected chi connectivity index (χ1v) is 21.7. The number of benzene rings is 3.